The number of halogens is 3. The van der Waals surface area contributed by atoms with Gasteiger partial charge in [-0.3, -0.25) is 4.79 Å². The number of amides is 1. The molecule has 0 saturated heterocycles. The summed E-state index contributed by atoms with van der Waals surface area (Å²) in [5, 5.41) is 6.74. The van der Waals surface area contributed by atoms with Crippen molar-refractivity contribution in [3.05, 3.63) is 46.8 Å². The van der Waals surface area contributed by atoms with E-state index in [0.717, 1.165) is 4.47 Å². The summed E-state index contributed by atoms with van der Waals surface area (Å²) < 4.78 is 36.2. The Morgan fingerprint density at radius 3 is 2.84 bits per heavy atom. The number of aromatic nitrogens is 3. The molecule has 1 N–H and O–H groups in total. The first-order chi connectivity index (χ1) is 12.0. The molecule has 0 aliphatic rings. The molecule has 1 amide bonds. The molecular formula is C15H11BrF2N4O3. The second kappa shape index (κ2) is 7.01. The average molecular weight is 413 g/mol. The topological polar surface area (TPSA) is 77.8 Å². The summed E-state index contributed by atoms with van der Waals surface area (Å²) in [5.74, 6) is -0.540. The zero-order valence-corrected chi connectivity index (χ0v) is 14.3. The Kier molecular flexibility index (Phi) is 4.79. The van der Waals surface area contributed by atoms with Crippen molar-refractivity contribution in [2.45, 2.75) is 6.61 Å². The highest BCUT2D eigenvalue weighted by atomic mass is 79.9. The summed E-state index contributed by atoms with van der Waals surface area (Å²) in [4.78, 5) is 16.4. The maximum atomic E-state index is 12.3. The molecule has 0 aliphatic carbocycles. The van der Waals surface area contributed by atoms with Crippen LogP contribution in [-0.4, -0.2) is 34.2 Å². The minimum Gasteiger partial charge on any atom is -0.493 e. The smallest absolute Gasteiger partial charge is 0.387 e. The Hall–Kier alpha value is -2.75. The number of hydrogen-bond donors (Lipinski definition) is 1. The number of anilines is 1. The molecule has 0 saturated carbocycles. The van der Waals surface area contributed by atoms with Crippen molar-refractivity contribution in [2.75, 3.05) is 12.4 Å². The quantitative estimate of drug-likeness (QED) is 0.694. The van der Waals surface area contributed by atoms with Gasteiger partial charge in [-0.05, 0) is 28.1 Å². The van der Waals surface area contributed by atoms with Gasteiger partial charge in [0, 0.05) is 30.2 Å². The van der Waals surface area contributed by atoms with Crippen molar-refractivity contribution in [3.8, 4) is 11.5 Å². The van der Waals surface area contributed by atoms with Crippen LogP contribution < -0.4 is 14.8 Å². The van der Waals surface area contributed by atoms with Gasteiger partial charge >= 0.3 is 6.61 Å². The number of fused-ring (bicyclic) bond motifs is 1. The van der Waals surface area contributed by atoms with Crippen molar-refractivity contribution >= 4 is 33.2 Å². The zero-order valence-electron chi connectivity index (χ0n) is 12.7. The molecule has 3 rings (SSSR count). The van der Waals surface area contributed by atoms with Crippen LogP contribution in [0.5, 0.6) is 11.5 Å². The highest BCUT2D eigenvalue weighted by molar-refractivity contribution is 9.10. The second-order valence-corrected chi connectivity index (χ2v) is 5.72. The normalized spacial score (nSPS) is 10.9. The summed E-state index contributed by atoms with van der Waals surface area (Å²) in [7, 11) is 1.31. The summed E-state index contributed by atoms with van der Waals surface area (Å²) in [6.45, 7) is -2.97. The molecule has 25 heavy (non-hydrogen) atoms. The van der Waals surface area contributed by atoms with E-state index in [4.69, 9.17) is 4.74 Å². The van der Waals surface area contributed by atoms with E-state index < -0.39 is 12.5 Å². The number of methoxy groups -OCH3 is 1. The van der Waals surface area contributed by atoms with E-state index in [-0.39, 0.29) is 17.2 Å². The zero-order chi connectivity index (χ0) is 18.0. The monoisotopic (exact) mass is 412 g/mol. The minimum atomic E-state index is -2.97. The van der Waals surface area contributed by atoms with Gasteiger partial charge in [0.2, 0.25) is 0 Å². The van der Waals surface area contributed by atoms with E-state index in [1.165, 1.54) is 35.9 Å². The largest absolute Gasteiger partial charge is 0.493 e. The van der Waals surface area contributed by atoms with E-state index in [9.17, 15) is 13.6 Å². The fraction of sp³-hybridized carbons (Fsp3) is 0.133. The average Bonchev–Trinajstić information content (AvgIpc) is 2.99. The molecule has 7 nitrogen and oxygen atoms in total. The maximum Gasteiger partial charge on any atom is 0.387 e. The van der Waals surface area contributed by atoms with Crippen molar-refractivity contribution in [2.24, 2.45) is 0 Å². The molecule has 0 bridgehead atoms. The number of benzene rings is 1. The number of ether oxygens (including phenoxy) is 2. The fourth-order valence-corrected chi connectivity index (χ4v) is 2.40. The SMILES string of the molecule is COc1cc(NC(=O)c2cc3ncc(Br)cn3n2)ccc1OC(F)F. The van der Waals surface area contributed by atoms with E-state index >= 15 is 0 Å². The summed E-state index contributed by atoms with van der Waals surface area (Å²) >= 11 is 3.27. The maximum absolute atomic E-state index is 12.3. The van der Waals surface area contributed by atoms with Crippen LogP contribution in [0.4, 0.5) is 14.5 Å². The Balaban J connectivity index is 1.81. The first-order valence-corrected chi connectivity index (χ1v) is 7.70. The van der Waals surface area contributed by atoms with Crippen LogP contribution in [0.3, 0.4) is 0 Å². The molecule has 0 aliphatic heterocycles. The van der Waals surface area contributed by atoms with Gasteiger partial charge in [0.25, 0.3) is 5.91 Å². The molecule has 130 valence electrons. The van der Waals surface area contributed by atoms with Gasteiger partial charge in [-0.15, -0.1) is 0 Å². The van der Waals surface area contributed by atoms with Gasteiger partial charge in [-0.25, -0.2) is 9.50 Å². The van der Waals surface area contributed by atoms with Gasteiger partial charge in [0.1, 0.15) is 0 Å². The highest BCUT2D eigenvalue weighted by Crippen LogP contribution is 2.31. The van der Waals surface area contributed by atoms with Crippen LogP contribution in [0.15, 0.2) is 41.1 Å². The van der Waals surface area contributed by atoms with E-state index in [0.29, 0.717) is 11.3 Å². The molecule has 2 heterocycles. The number of alkyl halides is 2. The Bertz CT molecular complexity index is 932. The number of rotatable bonds is 5. The number of hydrogen-bond acceptors (Lipinski definition) is 5. The van der Waals surface area contributed by atoms with Crippen LogP contribution in [0.1, 0.15) is 10.5 Å². The van der Waals surface area contributed by atoms with E-state index in [2.05, 4.69) is 36.1 Å². The second-order valence-electron chi connectivity index (χ2n) is 4.80. The molecule has 10 heteroatoms. The van der Waals surface area contributed by atoms with Gasteiger partial charge in [0.05, 0.1) is 11.6 Å². The summed E-state index contributed by atoms with van der Waals surface area (Å²) in [5.41, 5.74) is 0.999. The number of carbonyl (C=O) groups excluding carboxylic acids is 1. The van der Waals surface area contributed by atoms with Crippen LogP contribution in [0.25, 0.3) is 5.65 Å². The van der Waals surface area contributed by atoms with Crippen molar-refractivity contribution in [1.29, 1.82) is 0 Å². The molecule has 0 radical (unpaired) electrons. The third-order valence-corrected chi connectivity index (χ3v) is 3.56. The molecule has 2 aromatic heterocycles. The van der Waals surface area contributed by atoms with Gasteiger partial charge in [0.15, 0.2) is 22.8 Å². The van der Waals surface area contributed by atoms with E-state index in [1.54, 1.807) is 12.4 Å². The van der Waals surface area contributed by atoms with Gasteiger partial charge in [-0.2, -0.15) is 13.9 Å². The lowest BCUT2D eigenvalue weighted by molar-refractivity contribution is -0.0512. The van der Waals surface area contributed by atoms with Crippen molar-refractivity contribution in [1.82, 2.24) is 14.6 Å². The van der Waals surface area contributed by atoms with Crippen LogP contribution >= 0.6 is 15.9 Å². The lowest BCUT2D eigenvalue weighted by Crippen LogP contribution is -2.13. The molecule has 0 atom stereocenters. The third-order valence-electron chi connectivity index (χ3n) is 3.15. The summed E-state index contributed by atoms with van der Waals surface area (Å²) in [6.07, 6.45) is 3.25. The van der Waals surface area contributed by atoms with Crippen molar-refractivity contribution in [3.63, 3.8) is 0 Å². The molecule has 3 aromatic rings. The Labute approximate surface area is 148 Å². The first-order valence-electron chi connectivity index (χ1n) is 6.91. The van der Waals surface area contributed by atoms with E-state index in [1.807, 2.05) is 0 Å². The van der Waals surface area contributed by atoms with Crippen LogP contribution in [0, 0.1) is 0 Å². The fourth-order valence-electron chi connectivity index (χ4n) is 2.10. The Morgan fingerprint density at radius 2 is 2.12 bits per heavy atom. The molecule has 0 unspecified atom stereocenters. The molecule has 0 fully saturated rings. The molecule has 0 spiro atoms. The summed E-state index contributed by atoms with van der Waals surface area (Å²) in [6, 6.07) is 5.60. The predicted octanol–water partition coefficient (Wildman–Crippen LogP) is 3.35. The minimum absolute atomic E-state index is 0.0682. The van der Waals surface area contributed by atoms with Gasteiger partial charge in [-0.1, -0.05) is 0 Å². The standard InChI is InChI=1S/C15H11BrF2N4O3/c1-24-12-4-9(2-3-11(12)25-15(17)18)20-14(23)10-5-13-19-6-8(16)7-22(13)21-10/h2-7,15H,1H3,(H,20,23). The van der Waals surface area contributed by atoms with Crippen molar-refractivity contribution < 1.29 is 23.0 Å². The van der Waals surface area contributed by atoms with Crippen LogP contribution in [0.2, 0.25) is 0 Å². The number of nitrogens with one attached hydrogen (secondary N) is 1. The van der Waals surface area contributed by atoms with Gasteiger partial charge < -0.3 is 14.8 Å². The highest BCUT2D eigenvalue weighted by Gasteiger charge is 2.15. The van der Waals surface area contributed by atoms with Crippen LogP contribution in [-0.2, 0) is 0 Å². The third kappa shape index (κ3) is 3.85. The number of nitrogens with zero attached hydrogens (tertiary/aromatic N) is 3. The Morgan fingerprint density at radius 1 is 1.32 bits per heavy atom. The lowest BCUT2D eigenvalue weighted by Gasteiger charge is -2.11. The number of carbonyl (C=O) groups is 1. The lowest BCUT2D eigenvalue weighted by atomic mass is 10.2. The molecule has 1 aromatic carbocycles. The first kappa shape index (κ1) is 17.1. The predicted molar refractivity (Wildman–Crippen MR) is 88.3 cm³/mol. The molecular weight excluding hydrogens is 402 g/mol.